The minimum absolute atomic E-state index is 0. The van der Waals surface area contributed by atoms with Crippen LogP contribution in [0.1, 0.15) is 19.4 Å². The lowest BCUT2D eigenvalue weighted by atomic mass is 10.1. The molecule has 2 rings (SSSR count). The first-order valence-electron chi connectivity index (χ1n) is 8.00. The van der Waals surface area contributed by atoms with Crippen molar-refractivity contribution in [3.05, 3.63) is 29.8 Å². The number of hydrogen-bond donors (Lipinski definition) is 2. The third-order valence-electron chi connectivity index (χ3n) is 4.05. The number of primary sulfonamides is 1. The zero-order valence-corrected chi connectivity index (χ0v) is 18.8. The summed E-state index contributed by atoms with van der Waals surface area (Å²) in [5, 5.41) is 9.09. The Morgan fingerprint density at radius 2 is 2.04 bits per heavy atom. The molecule has 1 aliphatic rings. The summed E-state index contributed by atoms with van der Waals surface area (Å²) >= 11 is 2.03. The molecule has 9 heteroatoms. The van der Waals surface area contributed by atoms with Gasteiger partial charge in [-0.3, -0.25) is 4.99 Å². The molecule has 6 nitrogen and oxygen atoms in total. The van der Waals surface area contributed by atoms with Gasteiger partial charge in [-0.1, -0.05) is 26.0 Å². The second-order valence-corrected chi connectivity index (χ2v) is 9.10. The molecule has 142 valence electrons. The molecule has 0 radical (unpaired) electrons. The van der Waals surface area contributed by atoms with Crippen LogP contribution in [0.4, 0.5) is 0 Å². The summed E-state index contributed by atoms with van der Waals surface area (Å²) in [6.45, 7) is 7.08. The summed E-state index contributed by atoms with van der Waals surface area (Å²) in [6, 6.07) is 6.59. The number of nitrogens with two attached hydrogens (primary N) is 1. The predicted molar refractivity (Wildman–Crippen MR) is 116 cm³/mol. The molecule has 0 saturated carbocycles. The Kier molecular flexibility index (Phi) is 8.99. The molecule has 0 spiro atoms. The van der Waals surface area contributed by atoms with Gasteiger partial charge >= 0.3 is 0 Å². The molecule has 0 bridgehead atoms. The van der Waals surface area contributed by atoms with E-state index in [2.05, 4.69) is 29.1 Å². The Labute approximate surface area is 172 Å². The summed E-state index contributed by atoms with van der Waals surface area (Å²) in [5.41, 5.74) is 0.982. The van der Waals surface area contributed by atoms with Crippen molar-refractivity contribution in [1.82, 2.24) is 10.2 Å². The number of rotatable bonds is 4. The monoisotopic (exact) mass is 498 g/mol. The molecule has 0 aliphatic carbocycles. The van der Waals surface area contributed by atoms with Crippen LogP contribution in [-0.2, 0) is 16.6 Å². The van der Waals surface area contributed by atoms with E-state index >= 15 is 0 Å². The van der Waals surface area contributed by atoms with E-state index in [-0.39, 0.29) is 28.9 Å². The molecule has 1 aromatic rings. The average Bonchev–Trinajstić information content (AvgIpc) is 2.55. The number of nitrogens with one attached hydrogen (secondary N) is 1. The third-order valence-corrected chi connectivity index (χ3v) is 6.52. The first kappa shape index (κ1) is 22.5. The number of aliphatic imine (C=N–C) groups is 1. The van der Waals surface area contributed by atoms with Crippen LogP contribution in [0.3, 0.4) is 0 Å². The smallest absolute Gasteiger partial charge is 0.238 e. The van der Waals surface area contributed by atoms with Crippen LogP contribution in [0.2, 0.25) is 0 Å². The van der Waals surface area contributed by atoms with Crippen LogP contribution in [0, 0.1) is 5.92 Å². The number of benzene rings is 1. The topological polar surface area (TPSA) is 87.8 Å². The fourth-order valence-corrected chi connectivity index (χ4v) is 4.40. The number of halogens is 1. The summed E-state index contributed by atoms with van der Waals surface area (Å²) in [7, 11) is -1.85. The summed E-state index contributed by atoms with van der Waals surface area (Å²) in [5.74, 6) is 2.63. The van der Waals surface area contributed by atoms with Crippen LogP contribution in [0.25, 0.3) is 0 Å². The molecular weight excluding hydrogens is 471 g/mol. The van der Waals surface area contributed by atoms with Crippen molar-refractivity contribution in [2.45, 2.75) is 30.5 Å². The number of guanidine groups is 1. The van der Waals surface area contributed by atoms with E-state index in [1.165, 1.54) is 12.1 Å². The second-order valence-electron chi connectivity index (χ2n) is 6.19. The third kappa shape index (κ3) is 6.61. The van der Waals surface area contributed by atoms with Crippen LogP contribution in [0.5, 0.6) is 0 Å². The van der Waals surface area contributed by atoms with Crippen molar-refractivity contribution < 1.29 is 8.42 Å². The van der Waals surface area contributed by atoms with Crippen LogP contribution in [0.15, 0.2) is 34.2 Å². The molecule has 25 heavy (non-hydrogen) atoms. The maximum absolute atomic E-state index is 11.3. The lowest BCUT2D eigenvalue weighted by molar-refractivity contribution is 0.380. The first-order valence-corrected chi connectivity index (χ1v) is 10.6. The molecule has 0 amide bonds. The molecule has 1 saturated heterocycles. The number of nitrogens with zero attached hydrogens (tertiary/aromatic N) is 2. The van der Waals surface area contributed by atoms with Gasteiger partial charge in [0.05, 0.1) is 4.90 Å². The molecular formula is C16H27IN4O2S2. The zero-order chi connectivity index (χ0) is 17.7. The number of thioether (sulfide) groups is 1. The summed E-state index contributed by atoms with van der Waals surface area (Å²) in [4.78, 5) is 6.80. The highest BCUT2D eigenvalue weighted by atomic mass is 127. The van der Waals surface area contributed by atoms with E-state index in [0.717, 1.165) is 30.4 Å². The Hall–Kier alpha value is -0.520. The number of sulfonamides is 1. The highest BCUT2D eigenvalue weighted by Gasteiger charge is 2.24. The van der Waals surface area contributed by atoms with E-state index in [1.807, 2.05) is 11.8 Å². The van der Waals surface area contributed by atoms with Crippen LogP contribution in [-0.4, -0.2) is 50.4 Å². The van der Waals surface area contributed by atoms with Crippen molar-refractivity contribution >= 4 is 51.7 Å². The fourth-order valence-electron chi connectivity index (χ4n) is 2.58. The lowest BCUT2D eigenvalue weighted by Crippen LogP contribution is -2.48. The van der Waals surface area contributed by atoms with E-state index < -0.39 is 10.0 Å². The molecule has 3 N–H and O–H groups in total. The maximum Gasteiger partial charge on any atom is 0.238 e. The van der Waals surface area contributed by atoms with E-state index in [4.69, 9.17) is 5.14 Å². The molecule has 1 aliphatic heterocycles. The van der Waals surface area contributed by atoms with Crippen LogP contribution < -0.4 is 10.5 Å². The Morgan fingerprint density at radius 3 is 2.56 bits per heavy atom. The highest BCUT2D eigenvalue weighted by molar-refractivity contribution is 14.0. The van der Waals surface area contributed by atoms with Gasteiger partial charge in [-0.2, -0.15) is 11.8 Å². The molecule has 1 unspecified atom stereocenters. The molecule has 0 aromatic heterocycles. The largest absolute Gasteiger partial charge is 0.352 e. The SMILES string of the molecule is CN=C(NCc1ccc(S(N)(=O)=O)cc1)N1CCSC(C(C)C)C1.I. The summed E-state index contributed by atoms with van der Waals surface area (Å²) < 4.78 is 22.6. The van der Waals surface area contributed by atoms with Gasteiger partial charge in [0.2, 0.25) is 10.0 Å². The molecule has 1 heterocycles. The molecule has 1 aromatic carbocycles. The Morgan fingerprint density at radius 1 is 1.40 bits per heavy atom. The Bertz CT molecular complexity index is 678. The van der Waals surface area contributed by atoms with Gasteiger partial charge in [0.15, 0.2) is 5.96 Å². The second kappa shape index (κ2) is 9.98. The van der Waals surface area contributed by atoms with Crippen molar-refractivity contribution in [2.24, 2.45) is 16.0 Å². The van der Waals surface area contributed by atoms with E-state index in [9.17, 15) is 8.42 Å². The van der Waals surface area contributed by atoms with Crippen LogP contribution >= 0.6 is 35.7 Å². The zero-order valence-electron chi connectivity index (χ0n) is 14.8. The molecule has 1 atom stereocenters. The fraction of sp³-hybridized carbons (Fsp3) is 0.562. The predicted octanol–water partition coefficient (Wildman–Crippen LogP) is 2.10. The molecule has 1 fully saturated rings. The van der Waals surface area contributed by atoms with Gasteiger partial charge in [-0.25, -0.2) is 13.6 Å². The lowest BCUT2D eigenvalue weighted by Gasteiger charge is -2.36. The van der Waals surface area contributed by atoms with Gasteiger partial charge in [-0.05, 0) is 23.6 Å². The Balaban J connectivity index is 0.00000312. The van der Waals surface area contributed by atoms with Crippen molar-refractivity contribution in [3.63, 3.8) is 0 Å². The van der Waals surface area contributed by atoms with E-state index in [1.54, 1.807) is 19.2 Å². The van der Waals surface area contributed by atoms with Crippen molar-refractivity contribution in [1.29, 1.82) is 0 Å². The van der Waals surface area contributed by atoms with Gasteiger partial charge in [0, 0.05) is 37.7 Å². The van der Waals surface area contributed by atoms with E-state index in [0.29, 0.717) is 17.7 Å². The van der Waals surface area contributed by atoms with Gasteiger partial charge in [-0.15, -0.1) is 24.0 Å². The van der Waals surface area contributed by atoms with Crippen molar-refractivity contribution in [2.75, 3.05) is 25.9 Å². The minimum Gasteiger partial charge on any atom is -0.352 e. The minimum atomic E-state index is -3.64. The standard InChI is InChI=1S/C16H26N4O2S2.HI/c1-12(2)15-11-20(8-9-23-15)16(18-3)19-10-13-4-6-14(7-5-13)24(17,21)22;/h4-7,12,15H,8-11H2,1-3H3,(H,18,19)(H2,17,21,22);1H. The summed E-state index contributed by atoms with van der Waals surface area (Å²) in [6.07, 6.45) is 0. The highest BCUT2D eigenvalue weighted by Crippen LogP contribution is 2.24. The van der Waals surface area contributed by atoms with Crippen molar-refractivity contribution in [3.8, 4) is 0 Å². The number of hydrogen-bond acceptors (Lipinski definition) is 4. The average molecular weight is 498 g/mol. The first-order chi connectivity index (χ1) is 11.3. The maximum atomic E-state index is 11.3. The van der Waals surface area contributed by atoms with Gasteiger partial charge in [0.25, 0.3) is 0 Å². The van der Waals surface area contributed by atoms with Gasteiger partial charge < -0.3 is 10.2 Å². The normalized spacial score (nSPS) is 18.8. The quantitative estimate of drug-likeness (QED) is 0.377. The van der Waals surface area contributed by atoms with Gasteiger partial charge in [0.1, 0.15) is 0 Å².